The van der Waals surface area contributed by atoms with Crippen molar-refractivity contribution in [3.05, 3.63) is 35.9 Å². The Morgan fingerprint density at radius 2 is 1.76 bits per heavy atom. The summed E-state index contributed by atoms with van der Waals surface area (Å²) < 4.78 is 0. The van der Waals surface area contributed by atoms with Crippen molar-refractivity contribution in [1.82, 2.24) is 15.5 Å². The molecule has 21 heavy (non-hydrogen) atoms. The number of hydrogen-bond donors (Lipinski definition) is 2. The molecule has 0 aliphatic carbocycles. The number of hydrogen-bond acceptors (Lipinski definition) is 2. The second-order valence-electron chi connectivity index (χ2n) is 4.95. The van der Waals surface area contributed by atoms with Crippen LogP contribution in [0.5, 0.6) is 0 Å². The Labute approximate surface area is 129 Å². The van der Waals surface area contributed by atoms with Gasteiger partial charge in [0, 0.05) is 19.6 Å². The molecule has 1 aromatic rings. The lowest BCUT2D eigenvalue weighted by Gasteiger charge is -2.17. The van der Waals surface area contributed by atoms with Crippen LogP contribution in [0.15, 0.2) is 35.3 Å². The third-order valence-corrected chi connectivity index (χ3v) is 3.47. The molecule has 118 valence electrons. The van der Waals surface area contributed by atoms with Crippen molar-refractivity contribution in [2.24, 2.45) is 4.99 Å². The minimum Gasteiger partial charge on any atom is -0.357 e. The van der Waals surface area contributed by atoms with Gasteiger partial charge in [-0.25, -0.2) is 0 Å². The van der Waals surface area contributed by atoms with E-state index in [2.05, 4.69) is 71.6 Å². The normalized spacial score (nSPS) is 11.7. The van der Waals surface area contributed by atoms with Gasteiger partial charge in [-0.1, -0.05) is 44.2 Å². The van der Waals surface area contributed by atoms with E-state index >= 15 is 0 Å². The zero-order chi connectivity index (χ0) is 15.3. The second-order valence-corrected chi connectivity index (χ2v) is 4.95. The molecular weight excluding hydrogens is 260 g/mol. The number of aliphatic imine (C=N–C) groups is 1. The van der Waals surface area contributed by atoms with Crippen molar-refractivity contribution in [1.29, 1.82) is 0 Å². The van der Waals surface area contributed by atoms with E-state index in [4.69, 9.17) is 0 Å². The minimum atomic E-state index is 0.836. The molecule has 0 saturated heterocycles. The predicted molar refractivity (Wildman–Crippen MR) is 91.9 cm³/mol. The third kappa shape index (κ3) is 7.71. The van der Waals surface area contributed by atoms with Crippen LogP contribution in [0.3, 0.4) is 0 Å². The zero-order valence-electron chi connectivity index (χ0n) is 13.7. The maximum atomic E-state index is 4.63. The number of rotatable bonds is 9. The van der Waals surface area contributed by atoms with Crippen LogP contribution in [0, 0.1) is 0 Å². The van der Waals surface area contributed by atoms with Gasteiger partial charge in [-0.2, -0.15) is 0 Å². The zero-order valence-corrected chi connectivity index (χ0v) is 13.7. The molecule has 2 N–H and O–H groups in total. The summed E-state index contributed by atoms with van der Waals surface area (Å²) >= 11 is 0. The van der Waals surface area contributed by atoms with E-state index in [0.717, 1.165) is 51.6 Å². The van der Waals surface area contributed by atoms with E-state index in [1.807, 2.05) is 0 Å². The van der Waals surface area contributed by atoms with Crippen LogP contribution >= 0.6 is 0 Å². The summed E-state index contributed by atoms with van der Waals surface area (Å²) in [5, 5.41) is 6.70. The number of benzene rings is 1. The van der Waals surface area contributed by atoms with E-state index in [0.29, 0.717) is 0 Å². The molecule has 0 saturated carbocycles. The lowest BCUT2D eigenvalue weighted by molar-refractivity contribution is 0.313. The lowest BCUT2D eigenvalue weighted by atomic mass is 10.1. The molecular formula is C17H30N4. The van der Waals surface area contributed by atoms with E-state index in [1.165, 1.54) is 5.56 Å². The van der Waals surface area contributed by atoms with Gasteiger partial charge in [-0.3, -0.25) is 4.99 Å². The van der Waals surface area contributed by atoms with Gasteiger partial charge in [0.1, 0.15) is 0 Å². The first-order chi connectivity index (χ1) is 10.3. The Hall–Kier alpha value is -1.55. The Kier molecular flexibility index (Phi) is 9.29. The SMILES string of the molecule is CCNC(=NCCN(CC)CC)NCCc1ccccc1. The van der Waals surface area contributed by atoms with Crippen LogP contribution in [-0.2, 0) is 6.42 Å². The Morgan fingerprint density at radius 3 is 2.38 bits per heavy atom. The van der Waals surface area contributed by atoms with Gasteiger partial charge in [-0.15, -0.1) is 0 Å². The summed E-state index contributed by atoms with van der Waals surface area (Å²) in [6.07, 6.45) is 1.02. The van der Waals surface area contributed by atoms with Gasteiger partial charge in [0.2, 0.25) is 0 Å². The molecule has 0 heterocycles. The van der Waals surface area contributed by atoms with Crippen molar-refractivity contribution >= 4 is 5.96 Å². The summed E-state index contributed by atoms with van der Waals surface area (Å²) in [6, 6.07) is 10.5. The summed E-state index contributed by atoms with van der Waals surface area (Å²) in [5.41, 5.74) is 1.35. The van der Waals surface area contributed by atoms with Crippen molar-refractivity contribution in [2.75, 3.05) is 39.3 Å². The molecule has 0 aliphatic rings. The summed E-state index contributed by atoms with van der Waals surface area (Å²) in [6.45, 7) is 12.3. The topological polar surface area (TPSA) is 39.7 Å². The fourth-order valence-electron chi connectivity index (χ4n) is 2.15. The highest BCUT2D eigenvalue weighted by Crippen LogP contribution is 1.98. The van der Waals surface area contributed by atoms with Crippen LogP contribution in [0.1, 0.15) is 26.3 Å². The molecule has 4 heteroatoms. The van der Waals surface area contributed by atoms with Gasteiger partial charge < -0.3 is 15.5 Å². The molecule has 0 spiro atoms. The standard InChI is InChI=1S/C17H30N4/c1-4-18-17(20-14-15-21(5-2)6-3)19-13-12-16-10-8-7-9-11-16/h7-11H,4-6,12-15H2,1-3H3,(H2,18,19,20). The van der Waals surface area contributed by atoms with E-state index in [9.17, 15) is 0 Å². The molecule has 0 fully saturated rings. The summed E-state index contributed by atoms with van der Waals surface area (Å²) in [7, 11) is 0. The Balaban J connectivity index is 2.34. The summed E-state index contributed by atoms with van der Waals surface area (Å²) in [5.74, 6) is 0.917. The third-order valence-electron chi connectivity index (χ3n) is 3.47. The highest BCUT2D eigenvalue weighted by Gasteiger charge is 2.00. The number of likely N-dealkylation sites (N-methyl/N-ethyl adjacent to an activating group) is 1. The maximum absolute atomic E-state index is 4.63. The smallest absolute Gasteiger partial charge is 0.191 e. The van der Waals surface area contributed by atoms with E-state index in [1.54, 1.807) is 0 Å². The molecule has 0 amide bonds. The number of guanidine groups is 1. The fraction of sp³-hybridized carbons (Fsp3) is 0.588. The van der Waals surface area contributed by atoms with Crippen LogP contribution in [0.25, 0.3) is 0 Å². The predicted octanol–water partition coefficient (Wildman–Crippen LogP) is 2.13. The number of nitrogens with one attached hydrogen (secondary N) is 2. The minimum absolute atomic E-state index is 0.836. The van der Waals surface area contributed by atoms with Crippen LogP contribution < -0.4 is 10.6 Å². The van der Waals surface area contributed by atoms with Gasteiger partial charge in [-0.05, 0) is 32.0 Å². The van der Waals surface area contributed by atoms with Gasteiger partial charge in [0.05, 0.1) is 6.54 Å². The molecule has 0 radical (unpaired) electrons. The largest absolute Gasteiger partial charge is 0.357 e. The molecule has 1 aromatic carbocycles. The van der Waals surface area contributed by atoms with Crippen molar-refractivity contribution in [3.8, 4) is 0 Å². The second kappa shape index (κ2) is 11.1. The highest BCUT2D eigenvalue weighted by atomic mass is 15.2. The maximum Gasteiger partial charge on any atom is 0.191 e. The molecule has 0 bridgehead atoms. The molecule has 0 aliphatic heterocycles. The van der Waals surface area contributed by atoms with Gasteiger partial charge >= 0.3 is 0 Å². The van der Waals surface area contributed by atoms with Crippen molar-refractivity contribution < 1.29 is 0 Å². The molecule has 1 rings (SSSR count). The van der Waals surface area contributed by atoms with Crippen molar-refractivity contribution in [2.45, 2.75) is 27.2 Å². The molecule has 0 aromatic heterocycles. The Morgan fingerprint density at radius 1 is 1.05 bits per heavy atom. The van der Waals surface area contributed by atoms with Crippen LogP contribution in [-0.4, -0.2) is 50.1 Å². The number of nitrogens with zero attached hydrogens (tertiary/aromatic N) is 2. The average Bonchev–Trinajstić information content (AvgIpc) is 2.52. The first-order valence-electron chi connectivity index (χ1n) is 8.08. The fourth-order valence-corrected chi connectivity index (χ4v) is 2.15. The monoisotopic (exact) mass is 290 g/mol. The molecule has 0 unspecified atom stereocenters. The van der Waals surface area contributed by atoms with Gasteiger partial charge in [0.25, 0.3) is 0 Å². The quantitative estimate of drug-likeness (QED) is 0.540. The average molecular weight is 290 g/mol. The van der Waals surface area contributed by atoms with Crippen molar-refractivity contribution in [3.63, 3.8) is 0 Å². The first kappa shape index (κ1) is 17.5. The first-order valence-corrected chi connectivity index (χ1v) is 8.08. The van der Waals surface area contributed by atoms with E-state index in [-0.39, 0.29) is 0 Å². The van der Waals surface area contributed by atoms with Gasteiger partial charge in [0.15, 0.2) is 5.96 Å². The van der Waals surface area contributed by atoms with Crippen LogP contribution in [0.4, 0.5) is 0 Å². The lowest BCUT2D eigenvalue weighted by Crippen LogP contribution is -2.39. The highest BCUT2D eigenvalue weighted by molar-refractivity contribution is 5.79. The summed E-state index contributed by atoms with van der Waals surface area (Å²) in [4.78, 5) is 7.02. The Bertz CT molecular complexity index is 385. The molecule has 4 nitrogen and oxygen atoms in total. The van der Waals surface area contributed by atoms with Crippen LogP contribution in [0.2, 0.25) is 0 Å². The van der Waals surface area contributed by atoms with E-state index < -0.39 is 0 Å². The molecule has 0 atom stereocenters.